The first-order valence-corrected chi connectivity index (χ1v) is 4.98. The van der Waals surface area contributed by atoms with Crippen LogP contribution in [0.4, 0.5) is 10.1 Å². The fourth-order valence-electron chi connectivity index (χ4n) is 1.32. The minimum atomic E-state index is -0.344. The van der Waals surface area contributed by atoms with Crippen LogP contribution in [0, 0.1) is 5.82 Å². The highest BCUT2D eigenvalue weighted by Gasteiger charge is 2.08. The summed E-state index contributed by atoms with van der Waals surface area (Å²) in [6.45, 7) is 0.364. The minimum absolute atomic E-state index is 0.120. The Morgan fingerprint density at radius 2 is 2.25 bits per heavy atom. The molecule has 0 bridgehead atoms. The van der Waals surface area contributed by atoms with Crippen molar-refractivity contribution in [2.24, 2.45) is 5.73 Å². The number of likely N-dealkylation sites (N-methyl/N-ethyl adjacent to an activating group) is 2. The van der Waals surface area contributed by atoms with E-state index in [0.717, 1.165) is 0 Å². The predicted octanol–water partition coefficient (Wildman–Crippen LogP) is 0.467. The van der Waals surface area contributed by atoms with Crippen molar-refractivity contribution in [3.63, 3.8) is 0 Å². The summed E-state index contributed by atoms with van der Waals surface area (Å²) >= 11 is 0. The SMILES string of the molecule is CNC(=O)CN(C)c1ccc(CN)c(F)c1. The number of nitrogens with zero attached hydrogens (tertiary/aromatic N) is 1. The van der Waals surface area contributed by atoms with Crippen molar-refractivity contribution < 1.29 is 9.18 Å². The maximum atomic E-state index is 13.4. The highest BCUT2D eigenvalue weighted by atomic mass is 19.1. The third kappa shape index (κ3) is 2.93. The molecule has 0 aliphatic carbocycles. The van der Waals surface area contributed by atoms with Crippen molar-refractivity contribution in [1.29, 1.82) is 0 Å². The van der Waals surface area contributed by atoms with Gasteiger partial charge in [-0.2, -0.15) is 0 Å². The van der Waals surface area contributed by atoms with E-state index in [1.165, 1.54) is 6.07 Å². The number of hydrogen-bond donors (Lipinski definition) is 2. The monoisotopic (exact) mass is 225 g/mol. The van der Waals surface area contributed by atoms with Crippen molar-refractivity contribution >= 4 is 11.6 Å². The third-order valence-electron chi connectivity index (χ3n) is 2.36. The van der Waals surface area contributed by atoms with E-state index in [1.54, 1.807) is 31.1 Å². The van der Waals surface area contributed by atoms with Gasteiger partial charge in [0.15, 0.2) is 0 Å². The van der Waals surface area contributed by atoms with Gasteiger partial charge < -0.3 is 16.0 Å². The van der Waals surface area contributed by atoms with Gasteiger partial charge in [-0.25, -0.2) is 4.39 Å². The Balaban J connectivity index is 2.80. The number of carbonyl (C=O) groups excluding carboxylic acids is 1. The molecule has 0 fully saturated rings. The minimum Gasteiger partial charge on any atom is -0.365 e. The molecule has 1 rings (SSSR count). The lowest BCUT2D eigenvalue weighted by Crippen LogP contribution is -2.33. The lowest BCUT2D eigenvalue weighted by atomic mass is 10.2. The molecular formula is C11H16FN3O. The van der Waals surface area contributed by atoms with E-state index in [4.69, 9.17) is 5.73 Å². The largest absolute Gasteiger partial charge is 0.365 e. The summed E-state index contributed by atoms with van der Waals surface area (Å²) in [4.78, 5) is 12.8. The zero-order chi connectivity index (χ0) is 12.1. The number of nitrogens with two attached hydrogens (primary N) is 1. The van der Waals surface area contributed by atoms with Crippen LogP contribution in [0.5, 0.6) is 0 Å². The van der Waals surface area contributed by atoms with Crippen LogP contribution < -0.4 is 16.0 Å². The van der Waals surface area contributed by atoms with Gasteiger partial charge in [0.2, 0.25) is 5.91 Å². The molecule has 0 unspecified atom stereocenters. The Morgan fingerprint density at radius 3 is 2.75 bits per heavy atom. The molecule has 4 nitrogen and oxygen atoms in total. The third-order valence-corrected chi connectivity index (χ3v) is 2.36. The Bertz CT molecular complexity index is 381. The van der Waals surface area contributed by atoms with Crippen LogP contribution in [0.15, 0.2) is 18.2 Å². The highest BCUT2D eigenvalue weighted by molar-refractivity contribution is 5.80. The smallest absolute Gasteiger partial charge is 0.239 e. The molecule has 0 spiro atoms. The number of benzene rings is 1. The lowest BCUT2D eigenvalue weighted by molar-refractivity contribution is -0.119. The van der Waals surface area contributed by atoms with E-state index in [2.05, 4.69) is 5.32 Å². The van der Waals surface area contributed by atoms with E-state index >= 15 is 0 Å². The molecule has 5 heteroatoms. The predicted molar refractivity (Wildman–Crippen MR) is 61.6 cm³/mol. The number of carbonyl (C=O) groups is 1. The van der Waals surface area contributed by atoms with E-state index in [0.29, 0.717) is 11.3 Å². The zero-order valence-electron chi connectivity index (χ0n) is 9.46. The second-order valence-electron chi connectivity index (χ2n) is 3.51. The van der Waals surface area contributed by atoms with Gasteiger partial charge >= 0.3 is 0 Å². The van der Waals surface area contributed by atoms with Crippen LogP contribution in [0.1, 0.15) is 5.56 Å². The number of hydrogen-bond acceptors (Lipinski definition) is 3. The van der Waals surface area contributed by atoms with Gasteiger partial charge in [-0.05, 0) is 12.1 Å². The number of amides is 1. The summed E-state index contributed by atoms with van der Waals surface area (Å²) in [6.07, 6.45) is 0. The first kappa shape index (κ1) is 12.4. The van der Waals surface area contributed by atoms with Crippen LogP contribution in [0.2, 0.25) is 0 Å². The first-order valence-electron chi connectivity index (χ1n) is 4.98. The number of anilines is 1. The maximum absolute atomic E-state index is 13.4. The molecule has 1 aromatic rings. The molecule has 0 aromatic heterocycles. The highest BCUT2D eigenvalue weighted by Crippen LogP contribution is 2.17. The molecule has 88 valence electrons. The van der Waals surface area contributed by atoms with Crippen LogP contribution in [-0.2, 0) is 11.3 Å². The quantitative estimate of drug-likeness (QED) is 0.783. The fraction of sp³-hybridized carbons (Fsp3) is 0.364. The number of rotatable bonds is 4. The number of halogens is 1. The second-order valence-corrected chi connectivity index (χ2v) is 3.51. The first-order chi connectivity index (χ1) is 7.58. The molecule has 16 heavy (non-hydrogen) atoms. The fourth-order valence-corrected chi connectivity index (χ4v) is 1.32. The van der Waals surface area contributed by atoms with E-state index in [9.17, 15) is 9.18 Å². The maximum Gasteiger partial charge on any atom is 0.239 e. The van der Waals surface area contributed by atoms with Crippen molar-refractivity contribution in [1.82, 2.24) is 5.32 Å². The van der Waals surface area contributed by atoms with Gasteiger partial charge in [-0.3, -0.25) is 4.79 Å². The molecule has 3 N–H and O–H groups in total. The topological polar surface area (TPSA) is 58.4 Å². The summed E-state index contributed by atoms with van der Waals surface area (Å²) in [5.41, 5.74) is 6.48. The molecule has 0 atom stereocenters. The van der Waals surface area contributed by atoms with Crippen LogP contribution in [-0.4, -0.2) is 26.5 Å². The van der Waals surface area contributed by atoms with Gasteiger partial charge in [0.05, 0.1) is 6.54 Å². The summed E-state index contributed by atoms with van der Waals surface area (Å²) in [7, 11) is 3.29. The summed E-state index contributed by atoms with van der Waals surface area (Å²) in [5.74, 6) is -0.463. The molecule has 0 radical (unpaired) electrons. The summed E-state index contributed by atoms with van der Waals surface area (Å²) in [5, 5.41) is 2.51. The summed E-state index contributed by atoms with van der Waals surface area (Å²) < 4.78 is 13.4. The Morgan fingerprint density at radius 1 is 1.56 bits per heavy atom. The summed E-state index contributed by atoms with van der Waals surface area (Å²) in [6, 6.07) is 4.75. The van der Waals surface area contributed by atoms with Crippen molar-refractivity contribution in [2.45, 2.75) is 6.54 Å². The van der Waals surface area contributed by atoms with Crippen molar-refractivity contribution in [2.75, 3.05) is 25.5 Å². The van der Waals surface area contributed by atoms with E-state index in [1.807, 2.05) is 0 Å². The standard InChI is InChI=1S/C11H16FN3O/c1-14-11(16)7-15(2)9-4-3-8(6-13)10(12)5-9/h3-5H,6-7,13H2,1-2H3,(H,14,16). The Hall–Kier alpha value is -1.62. The average Bonchev–Trinajstić information content (AvgIpc) is 2.28. The molecule has 0 saturated heterocycles. The molecule has 0 aliphatic heterocycles. The zero-order valence-corrected chi connectivity index (χ0v) is 9.46. The van der Waals surface area contributed by atoms with E-state index in [-0.39, 0.29) is 24.8 Å². The normalized spacial score (nSPS) is 10.0. The van der Waals surface area contributed by atoms with Crippen molar-refractivity contribution in [3.8, 4) is 0 Å². The second kappa shape index (κ2) is 5.46. The molecular weight excluding hydrogens is 209 g/mol. The van der Waals surface area contributed by atoms with Gasteiger partial charge in [0.1, 0.15) is 5.82 Å². The lowest BCUT2D eigenvalue weighted by Gasteiger charge is -2.18. The van der Waals surface area contributed by atoms with E-state index < -0.39 is 0 Å². The van der Waals surface area contributed by atoms with Gasteiger partial charge in [-0.15, -0.1) is 0 Å². The van der Waals surface area contributed by atoms with Crippen LogP contribution in [0.3, 0.4) is 0 Å². The molecule has 1 aromatic carbocycles. The van der Waals surface area contributed by atoms with Gasteiger partial charge in [-0.1, -0.05) is 6.07 Å². The Kier molecular flexibility index (Phi) is 4.25. The molecule has 1 amide bonds. The molecule has 0 saturated carbocycles. The Labute approximate surface area is 94.2 Å². The number of nitrogens with one attached hydrogen (secondary N) is 1. The van der Waals surface area contributed by atoms with Gasteiger partial charge in [0, 0.05) is 31.9 Å². The van der Waals surface area contributed by atoms with Crippen LogP contribution in [0.25, 0.3) is 0 Å². The molecule has 0 aliphatic rings. The molecule has 0 heterocycles. The van der Waals surface area contributed by atoms with Gasteiger partial charge in [0.25, 0.3) is 0 Å². The average molecular weight is 225 g/mol. The van der Waals surface area contributed by atoms with Crippen LogP contribution >= 0.6 is 0 Å². The van der Waals surface area contributed by atoms with Crippen molar-refractivity contribution in [3.05, 3.63) is 29.6 Å².